The van der Waals surface area contributed by atoms with Crippen molar-refractivity contribution in [3.63, 3.8) is 0 Å². The van der Waals surface area contributed by atoms with Crippen LogP contribution in [0.2, 0.25) is 0 Å². The van der Waals surface area contributed by atoms with E-state index in [0.717, 1.165) is 18.1 Å². The first-order chi connectivity index (χ1) is 5.81. The molecule has 0 aliphatic rings. The Morgan fingerprint density at radius 3 is 2.83 bits per heavy atom. The molecule has 0 rings (SSSR count). The Morgan fingerprint density at radius 2 is 2.25 bits per heavy atom. The summed E-state index contributed by atoms with van der Waals surface area (Å²) in [5, 5.41) is 3.01. The van der Waals surface area contributed by atoms with E-state index >= 15 is 0 Å². The predicted molar refractivity (Wildman–Crippen MR) is 52.5 cm³/mol. The molecule has 0 aromatic heterocycles. The molecule has 0 aromatic carbocycles. The molecule has 1 N–H and O–H groups in total. The largest absolute Gasteiger partial charge is 0.465 e. The Hall–Kier alpha value is -0.220. The molecule has 12 heavy (non-hydrogen) atoms. The number of ether oxygens (including phenoxy) is 1. The smallest absolute Gasteiger partial charge is 0.319 e. The maximum absolute atomic E-state index is 10.8. The molecule has 0 aliphatic heterocycles. The van der Waals surface area contributed by atoms with E-state index in [1.165, 1.54) is 0 Å². The van der Waals surface area contributed by atoms with Crippen molar-refractivity contribution in [2.45, 2.75) is 13.8 Å². The molecule has 3 nitrogen and oxygen atoms in total. The predicted octanol–water partition coefficient (Wildman–Crippen LogP) is 0.892. The molecule has 0 fully saturated rings. The summed E-state index contributed by atoms with van der Waals surface area (Å²) < 4.78 is 4.74. The summed E-state index contributed by atoms with van der Waals surface area (Å²) in [4.78, 5) is 10.8. The minimum atomic E-state index is -0.168. The van der Waals surface area contributed by atoms with Gasteiger partial charge in [-0.3, -0.25) is 4.79 Å². The summed E-state index contributed by atoms with van der Waals surface area (Å²) in [5.74, 6) is 2.01. The van der Waals surface area contributed by atoms with E-state index in [1.54, 1.807) is 0 Å². The zero-order valence-corrected chi connectivity index (χ0v) is 8.58. The Balaban J connectivity index is 3.03. The monoisotopic (exact) mass is 191 g/mol. The van der Waals surface area contributed by atoms with E-state index in [-0.39, 0.29) is 5.97 Å². The maximum atomic E-state index is 10.8. The Morgan fingerprint density at radius 1 is 1.50 bits per heavy atom. The molecule has 0 saturated carbocycles. The van der Waals surface area contributed by atoms with Gasteiger partial charge in [0.25, 0.3) is 0 Å². The quantitative estimate of drug-likeness (QED) is 0.479. The van der Waals surface area contributed by atoms with Crippen molar-refractivity contribution in [1.82, 2.24) is 5.32 Å². The highest BCUT2D eigenvalue weighted by molar-refractivity contribution is 7.99. The van der Waals surface area contributed by atoms with Crippen molar-refractivity contribution < 1.29 is 9.53 Å². The average molecular weight is 191 g/mol. The van der Waals surface area contributed by atoms with Crippen LogP contribution in [-0.2, 0) is 9.53 Å². The van der Waals surface area contributed by atoms with Crippen molar-refractivity contribution in [1.29, 1.82) is 0 Å². The van der Waals surface area contributed by atoms with Gasteiger partial charge in [-0.2, -0.15) is 11.8 Å². The van der Waals surface area contributed by atoms with Crippen molar-refractivity contribution in [2.75, 3.05) is 31.2 Å². The van der Waals surface area contributed by atoms with Crippen LogP contribution in [0.5, 0.6) is 0 Å². The van der Waals surface area contributed by atoms with Gasteiger partial charge >= 0.3 is 5.97 Å². The van der Waals surface area contributed by atoms with Gasteiger partial charge in [-0.05, 0) is 12.7 Å². The molecule has 72 valence electrons. The average Bonchev–Trinajstić information content (AvgIpc) is 2.05. The number of hydrogen-bond donors (Lipinski definition) is 1. The van der Waals surface area contributed by atoms with Gasteiger partial charge in [0, 0.05) is 12.3 Å². The molecule has 4 heteroatoms. The Labute approximate surface area is 78.2 Å². The summed E-state index contributed by atoms with van der Waals surface area (Å²) in [6.07, 6.45) is 0. The van der Waals surface area contributed by atoms with E-state index in [0.29, 0.717) is 13.2 Å². The van der Waals surface area contributed by atoms with Gasteiger partial charge in [0.2, 0.25) is 0 Å². The number of esters is 1. The second-order valence-corrected chi connectivity index (χ2v) is 3.57. The van der Waals surface area contributed by atoms with E-state index in [1.807, 2.05) is 18.7 Å². The molecule has 0 bridgehead atoms. The Kier molecular flexibility index (Phi) is 8.71. The summed E-state index contributed by atoms with van der Waals surface area (Å²) >= 11 is 1.86. The van der Waals surface area contributed by atoms with Gasteiger partial charge in [-0.1, -0.05) is 6.92 Å². The lowest BCUT2D eigenvalue weighted by Crippen LogP contribution is -2.26. The minimum Gasteiger partial charge on any atom is -0.465 e. The van der Waals surface area contributed by atoms with Crippen LogP contribution >= 0.6 is 11.8 Å². The van der Waals surface area contributed by atoms with Gasteiger partial charge in [0.05, 0.1) is 13.2 Å². The maximum Gasteiger partial charge on any atom is 0.319 e. The van der Waals surface area contributed by atoms with Crippen LogP contribution in [-0.4, -0.2) is 37.2 Å². The number of carbonyl (C=O) groups excluding carboxylic acids is 1. The third-order valence-electron chi connectivity index (χ3n) is 1.20. The summed E-state index contributed by atoms with van der Waals surface area (Å²) in [6, 6.07) is 0. The third kappa shape index (κ3) is 7.88. The first-order valence-corrected chi connectivity index (χ1v) is 5.40. The van der Waals surface area contributed by atoms with Crippen LogP contribution in [0.3, 0.4) is 0 Å². The number of thioether (sulfide) groups is 1. The number of nitrogens with one attached hydrogen (secondary N) is 1. The normalized spacial score (nSPS) is 9.83. The summed E-state index contributed by atoms with van der Waals surface area (Å²) in [6.45, 7) is 5.60. The molecule has 0 spiro atoms. The first kappa shape index (κ1) is 11.8. The van der Waals surface area contributed by atoms with Crippen molar-refractivity contribution >= 4 is 17.7 Å². The molecule has 0 radical (unpaired) electrons. The summed E-state index contributed by atoms with van der Waals surface area (Å²) in [7, 11) is 0. The fraction of sp³-hybridized carbons (Fsp3) is 0.875. The lowest BCUT2D eigenvalue weighted by Gasteiger charge is -2.03. The second kappa shape index (κ2) is 8.87. The van der Waals surface area contributed by atoms with Gasteiger partial charge in [-0.25, -0.2) is 0 Å². The fourth-order valence-electron chi connectivity index (χ4n) is 0.691. The van der Waals surface area contributed by atoms with Crippen molar-refractivity contribution in [3.05, 3.63) is 0 Å². The van der Waals surface area contributed by atoms with Crippen molar-refractivity contribution in [3.8, 4) is 0 Å². The zero-order valence-electron chi connectivity index (χ0n) is 7.76. The molecular weight excluding hydrogens is 174 g/mol. The van der Waals surface area contributed by atoms with Crippen LogP contribution in [0.4, 0.5) is 0 Å². The van der Waals surface area contributed by atoms with Crippen LogP contribution in [0.25, 0.3) is 0 Å². The Bertz CT molecular complexity index is 120. The van der Waals surface area contributed by atoms with Gasteiger partial charge in [-0.15, -0.1) is 0 Å². The number of carbonyl (C=O) groups is 1. The standard InChI is InChI=1S/C8H17NO2S/c1-3-11-8(10)7-9-5-6-12-4-2/h9H,3-7H2,1-2H3. The second-order valence-electron chi connectivity index (χ2n) is 2.18. The topological polar surface area (TPSA) is 38.3 Å². The number of rotatable bonds is 7. The lowest BCUT2D eigenvalue weighted by molar-refractivity contribution is -0.141. The number of hydrogen-bond acceptors (Lipinski definition) is 4. The van der Waals surface area contributed by atoms with E-state index in [2.05, 4.69) is 12.2 Å². The van der Waals surface area contributed by atoms with Crippen LogP contribution < -0.4 is 5.32 Å². The SMILES string of the molecule is CCOC(=O)CNCCSCC. The molecule has 0 aliphatic carbocycles. The first-order valence-electron chi connectivity index (χ1n) is 4.25. The molecule has 0 saturated heterocycles. The molecular formula is C8H17NO2S. The molecule has 0 amide bonds. The lowest BCUT2D eigenvalue weighted by atomic mass is 10.6. The zero-order chi connectivity index (χ0) is 9.23. The molecule has 0 atom stereocenters. The van der Waals surface area contributed by atoms with Crippen LogP contribution in [0, 0.1) is 0 Å². The van der Waals surface area contributed by atoms with Gasteiger partial charge < -0.3 is 10.1 Å². The van der Waals surface area contributed by atoms with Crippen LogP contribution in [0.1, 0.15) is 13.8 Å². The highest BCUT2D eigenvalue weighted by Gasteiger charge is 1.98. The van der Waals surface area contributed by atoms with Gasteiger partial charge in [0.1, 0.15) is 0 Å². The minimum absolute atomic E-state index is 0.168. The van der Waals surface area contributed by atoms with Crippen molar-refractivity contribution in [2.24, 2.45) is 0 Å². The summed E-state index contributed by atoms with van der Waals surface area (Å²) in [5.41, 5.74) is 0. The fourth-order valence-corrected chi connectivity index (χ4v) is 1.27. The van der Waals surface area contributed by atoms with E-state index in [4.69, 9.17) is 4.74 Å². The van der Waals surface area contributed by atoms with E-state index < -0.39 is 0 Å². The molecule has 0 heterocycles. The van der Waals surface area contributed by atoms with Gasteiger partial charge in [0.15, 0.2) is 0 Å². The molecule has 0 unspecified atom stereocenters. The highest BCUT2D eigenvalue weighted by atomic mass is 32.2. The highest BCUT2D eigenvalue weighted by Crippen LogP contribution is 1.94. The third-order valence-corrected chi connectivity index (χ3v) is 2.10. The van der Waals surface area contributed by atoms with E-state index in [9.17, 15) is 4.79 Å². The van der Waals surface area contributed by atoms with Crippen LogP contribution in [0.15, 0.2) is 0 Å². The molecule has 0 aromatic rings.